The second-order valence-corrected chi connectivity index (χ2v) is 7.42. The molecule has 2 aromatic rings. The molecule has 1 unspecified atom stereocenters. The summed E-state index contributed by atoms with van der Waals surface area (Å²) in [4.78, 5) is 41.8. The summed E-state index contributed by atoms with van der Waals surface area (Å²) in [5.74, 6) is 0.188. The molecule has 0 aliphatic heterocycles. The van der Waals surface area contributed by atoms with Gasteiger partial charge in [0.15, 0.2) is 11.8 Å². The molecule has 30 heavy (non-hydrogen) atoms. The summed E-state index contributed by atoms with van der Waals surface area (Å²) in [6.45, 7) is 8.24. The van der Waals surface area contributed by atoms with Gasteiger partial charge in [0.1, 0.15) is 11.6 Å². The van der Waals surface area contributed by atoms with Crippen molar-refractivity contribution in [3.63, 3.8) is 0 Å². The number of aromatic amines is 1. The van der Waals surface area contributed by atoms with Gasteiger partial charge >= 0.3 is 5.69 Å². The Morgan fingerprint density at radius 1 is 1.23 bits per heavy atom. The lowest BCUT2D eigenvalue weighted by molar-refractivity contribution is -0.124. The van der Waals surface area contributed by atoms with E-state index in [1.807, 2.05) is 39.0 Å². The predicted octanol–water partition coefficient (Wildman–Crippen LogP) is 2.83. The SMILES string of the molecule is CCCCN(C(=O)C(C)Oc1cccc(C)c1)c1c(N)n(CCCC)c(=O)[nH]c1=O. The highest BCUT2D eigenvalue weighted by Gasteiger charge is 2.28. The van der Waals surface area contributed by atoms with Gasteiger partial charge < -0.3 is 15.4 Å². The van der Waals surface area contributed by atoms with Crippen LogP contribution in [0.3, 0.4) is 0 Å². The smallest absolute Gasteiger partial charge is 0.330 e. The standard InChI is InChI=1S/C22H32N4O4/c1-5-7-12-25(21(28)16(4)30-17-11-9-10-15(3)14-17)18-19(23)26(13-8-6-2)22(29)24-20(18)27/h9-11,14,16H,5-8,12-13,23H2,1-4H3,(H,24,27,29). The van der Waals surface area contributed by atoms with E-state index in [2.05, 4.69) is 4.98 Å². The molecular weight excluding hydrogens is 384 g/mol. The van der Waals surface area contributed by atoms with Crippen LogP contribution in [0.2, 0.25) is 0 Å². The molecule has 2 rings (SSSR count). The maximum Gasteiger partial charge on any atom is 0.330 e. The van der Waals surface area contributed by atoms with Crippen molar-refractivity contribution < 1.29 is 9.53 Å². The Labute approximate surface area is 176 Å². The van der Waals surface area contributed by atoms with Crippen molar-refractivity contribution in [3.05, 3.63) is 50.7 Å². The van der Waals surface area contributed by atoms with Crippen molar-refractivity contribution in [2.75, 3.05) is 17.2 Å². The zero-order valence-electron chi connectivity index (χ0n) is 18.2. The zero-order chi connectivity index (χ0) is 22.3. The third-order valence-corrected chi connectivity index (χ3v) is 4.87. The molecule has 0 radical (unpaired) electrons. The fourth-order valence-electron chi connectivity index (χ4n) is 3.19. The van der Waals surface area contributed by atoms with Gasteiger partial charge in [0.25, 0.3) is 11.5 Å². The van der Waals surface area contributed by atoms with Crippen LogP contribution in [0.25, 0.3) is 0 Å². The first kappa shape index (κ1) is 23.3. The number of benzene rings is 1. The van der Waals surface area contributed by atoms with Crippen LogP contribution in [-0.4, -0.2) is 28.1 Å². The monoisotopic (exact) mass is 416 g/mol. The van der Waals surface area contributed by atoms with Gasteiger partial charge in [-0.1, -0.05) is 38.8 Å². The van der Waals surface area contributed by atoms with E-state index in [0.717, 1.165) is 24.8 Å². The Morgan fingerprint density at radius 2 is 1.93 bits per heavy atom. The summed E-state index contributed by atoms with van der Waals surface area (Å²) in [5, 5.41) is 0. The minimum Gasteiger partial charge on any atom is -0.481 e. The molecule has 1 aromatic heterocycles. The highest BCUT2D eigenvalue weighted by molar-refractivity contribution is 5.98. The number of ether oxygens (including phenoxy) is 1. The Hall–Kier alpha value is -3.03. The van der Waals surface area contributed by atoms with Crippen LogP contribution in [0, 0.1) is 6.92 Å². The quantitative estimate of drug-likeness (QED) is 0.619. The Morgan fingerprint density at radius 3 is 2.57 bits per heavy atom. The van der Waals surface area contributed by atoms with Gasteiger partial charge in [-0.3, -0.25) is 19.1 Å². The number of nitrogens with one attached hydrogen (secondary N) is 1. The molecule has 0 fully saturated rings. The van der Waals surface area contributed by atoms with Crippen LogP contribution >= 0.6 is 0 Å². The molecule has 1 atom stereocenters. The average Bonchev–Trinajstić information content (AvgIpc) is 2.69. The number of amides is 1. The molecule has 8 nitrogen and oxygen atoms in total. The predicted molar refractivity (Wildman–Crippen MR) is 119 cm³/mol. The van der Waals surface area contributed by atoms with Crippen molar-refractivity contribution >= 4 is 17.4 Å². The maximum atomic E-state index is 13.3. The number of aryl methyl sites for hydroxylation is 1. The van der Waals surface area contributed by atoms with Crippen molar-refractivity contribution in [3.8, 4) is 5.75 Å². The minimum atomic E-state index is -0.835. The van der Waals surface area contributed by atoms with Crippen LogP contribution in [0.4, 0.5) is 11.5 Å². The number of carbonyl (C=O) groups is 1. The first-order chi connectivity index (χ1) is 14.3. The fourth-order valence-corrected chi connectivity index (χ4v) is 3.19. The lowest BCUT2D eigenvalue weighted by Gasteiger charge is -2.27. The van der Waals surface area contributed by atoms with E-state index >= 15 is 0 Å². The molecule has 164 valence electrons. The molecule has 1 amide bonds. The van der Waals surface area contributed by atoms with Gasteiger partial charge in [-0.2, -0.15) is 0 Å². The molecule has 0 bridgehead atoms. The van der Waals surface area contributed by atoms with Crippen molar-refractivity contribution in [1.29, 1.82) is 0 Å². The number of hydrogen-bond donors (Lipinski definition) is 2. The highest BCUT2D eigenvalue weighted by atomic mass is 16.5. The second-order valence-electron chi connectivity index (χ2n) is 7.42. The molecule has 0 spiro atoms. The summed E-state index contributed by atoms with van der Waals surface area (Å²) >= 11 is 0. The maximum absolute atomic E-state index is 13.3. The molecule has 0 saturated heterocycles. The lowest BCUT2D eigenvalue weighted by Crippen LogP contribution is -2.46. The number of hydrogen-bond acceptors (Lipinski definition) is 5. The lowest BCUT2D eigenvalue weighted by atomic mass is 10.2. The van der Waals surface area contributed by atoms with E-state index in [1.54, 1.807) is 13.0 Å². The molecule has 1 aromatic carbocycles. The van der Waals surface area contributed by atoms with Gasteiger partial charge in [-0.25, -0.2) is 4.79 Å². The molecule has 1 heterocycles. The van der Waals surface area contributed by atoms with E-state index in [4.69, 9.17) is 10.5 Å². The number of anilines is 2. The van der Waals surface area contributed by atoms with Gasteiger partial charge in [-0.15, -0.1) is 0 Å². The number of aromatic nitrogens is 2. The summed E-state index contributed by atoms with van der Waals surface area (Å²) in [6, 6.07) is 7.40. The van der Waals surface area contributed by atoms with Gasteiger partial charge in [0.05, 0.1) is 0 Å². The Kier molecular flexibility index (Phi) is 8.26. The first-order valence-electron chi connectivity index (χ1n) is 10.5. The third kappa shape index (κ3) is 5.52. The van der Waals surface area contributed by atoms with Crippen molar-refractivity contribution in [2.24, 2.45) is 0 Å². The third-order valence-electron chi connectivity index (χ3n) is 4.87. The molecule has 0 saturated carbocycles. The normalized spacial score (nSPS) is 11.9. The number of nitrogens with zero attached hydrogens (tertiary/aromatic N) is 2. The number of rotatable bonds is 10. The van der Waals surface area contributed by atoms with E-state index in [1.165, 1.54) is 9.47 Å². The van der Waals surface area contributed by atoms with Crippen LogP contribution < -0.4 is 26.6 Å². The summed E-state index contributed by atoms with van der Waals surface area (Å²) in [7, 11) is 0. The molecule has 8 heteroatoms. The Balaban J connectivity index is 2.42. The van der Waals surface area contributed by atoms with E-state index in [-0.39, 0.29) is 17.4 Å². The number of nitrogens with two attached hydrogens (primary N) is 1. The van der Waals surface area contributed by atoms with Crippen molar-refractivity contribution in [1.82, 2.24) is 9.55 Å². The fraction of sp³-hybridized carbons (Fsp3) is 0.500. The number of carbonyl (C=O) groups excluding carboxylic acids is 1. The van der Waals surface area contributed by atoms with Gasteiger partial charge in [-0.05, 0) is 44.4 Å². The number of H-pyrrole nitrogens is 1. The number of nitrogen functional groups attached to an aromatic ring is 1. The zero-order valence-corrected chi connectivity index (χ0v) is 18.2. The van der Waals surface area contributed by atoms with Crippen LogP contribution in [0.1, 0.15) is 52.0 Å². The van der Waals surface area contributed by atoms with Gasteiger partial charge in [0.2, 0.25) is 0 Å². The van der Waals surface area contributed by atoms with Crippen LogP contribution in [0.5, 0.6) is 5.75 Å². The van der Waals surface area contributed by atoms with E-state index < -0.39 is 17.4 Å². The largest absolute Gasteiger partial charge is 0.481 e. The molecule has 0 aliphatic rings. The molecular formula is C22H32N4O4. The first-order valence-corrected chi connectivity index (χ1v) is 10.5. The Bertz CT molecular complexity index is 980. The van der Waals surface area contributed by atoms with Crippen LogP contribution in [0.15, 0.2) is 33.9 Å². The van der Waals surface area contributed by atoms with E-state index in [9.17, 15) is 14.4 Å². The van der Waals surface area contributed by atoms with Crippen LogP contribution in [-0.2, 0) is 11.3 Å². The highest BCUT2D eigenvalue weighted by Crippen LogP contribution is 2.21. The van der Waals surface area contributed by atoms with E-state index in [0.29, 0.717) is 25.3 Å². The average molecular weight is 417 g/mol. The second kappa shape index (κ2) is 10.7. The summed E-state index contributed by atoms with van der Waals surface area (Å²) in [5.41, 5.74) is 6.00. The van der Waals surface area contributed by atoms with Crippen molar-refractivity contribution in [2.45, 2.75) is 66.0 Å². The topological polar surface area (TPSA) is 110 Å². The number of unbranched alkanes of at least 4 members (excludes halogenated alkanes) is 2. The van der Waals surface area contributed by atoms with Gasteiger partial charge in [0, 0.05) is 13.1 Å². The minimum absolute atomic E-state index is 0.00356. The molecule has 3 N–H and O–H groups in total. The summed E-state index contributed by atoms with van der Waals surface area (Å²) < 4.78 is 7.14. The summed E-state index contributed by atoms with van der Waals surface area (Å²) in [6.07, 6.45) is 2.25. The molecule has 0 aliphatic carbocycles.